The minimum Gasteiger partial charge on any atom is -0.493 e. The summed E-state index contributed by atoms with van der Waals surface area (Å²) in [5.41, 5.74) is 0.355. The minimum absolute atomic E-state index is 0.209. The maximum atomic E-state index is 11.7. The standard InChI is InChI=1S/C14H15N5O3/c1-21-12-7-10-11(15-9-16-14(10)20)8-13(12)22-6-2-5-19-17-3-4-18-19/h3-4,7-9H,2,5-6H2,1H3,(H,15,16,20). The monoisotopic (exact) mass is 301 g/mol. The Bertz CT molecular complexity index is 813. The molecule has 1 N–H and O–H groups in total. The Morgan fingerprint density at radius 3 is 2.82 bits per heavy atom. The molecule has 0 unspecified atom stereocenters. The van der Waals surface area contributed by atoms with E-state index in [9.17, 15) is 4.79 Å². The maximum Gasteiger partial charge on any atom is 0.258 e. The van der Waals surface area contributed by atoms with Gasteiger partial charge in [0, 0.05) is 12.5 Å². The van der Waals surface area contributed by atoms with Gasteiger partial charge in [0.2, 0.25) is 0 Å². The molecule has 0 fully saturated rings. The number of aromatic nitrogens is 5. The number of H-pyrrole nitrogens is 1. The smallest absolute Gasteiger partial charge is 0.258 e. The molecule has 8 heteroatoms. The largest absolute Gasteiger partial charge is 0.493 e. The van der Waals surface area contributed by atoms with Gasteiger partial charge in [0.1, 0.15) is 0 Å². The van der Waals surface area contributed by atoms with Gasteiger partial charge in [-0.1, -0.05) is 0 Å². The van der Waals surface area contributed by atoms with Gasteiger partial charge >= 0.3 is 0 Å². The zero-order chi connectivity index (χ0) is 15.4. The van der Waals surface area contributed by atoms with Crippen LogP contribution in [0.4, 0.5) is 0 Å². The van der Waals surface area contributed by atoms with Gasteiger partial charge in [0.15, 0.2) is 11.5 Å². The molecule has 0 aliphatic carbocycles. The van der Waals surface area contributed by atoms with Gasteiger partial charge in [0.05, 0.1) is 49.9 Å². The van der Waals surface area contributed by atoms with E-state index in [0.717, 1.165) is 6.42 Å². The van der Waals surface area contributed by atoms with Crippen molar-refractivity contribution in [1.82, 2.24) is 25.0 Å². The Morgan fingerprint density at radius 1 is 1.23 bits per heavy atom. The van der Waals surface area contributed by atoms with Crippen LogP contribution in [0.3, 0.4) is 0 Å². The van der Waals surface area contributed by atoms with Gasteiger partial charge in [0.25, 0.3) is 5.56 Å². The minimum atomic E-state index is -0.209. The SMILES string of the molecule is COc1cc2c(=O)[nH]cnc2cc1OCCCn1nccn1. The molecule has 22 heavy (non-hydrogen) atoms. The number of rotatable bonds is 6. The van der Waals surface area contributed by atoms with Crippen LogP contribution in [-0.2, 0) is 6.54 Å². The van der Waals surface area contributed by atoms with Gasteiger partial charge in [-0.2, -0.15) is 15.0 Å². The highest BCUT2D eigenvalue weighted by atomic mass is 16.5. The second kappa shape index (κ2) is 6.25. The molecule has 1 aromatic carbocycles. The van der Waals surface area contributed by atoms with Crippen molar-refractivity contribution in [3.05, 3.63) is 41.2 Å². The van der Waals surface area contributed by atoms with Crippen molar-refractivity contribution in [2.45, 2.75) is 13.0 Å². The summed E-state index contributed by atoms with van der Waals surface area (Å²) >= 11 is 0. The van der Waals surface area contributed by atoms with E-state index in [1.165, 1.54) is 13.4 Å². The number of nitrogens with one attached hydrogen (secondary N) is 1. The lowest BCUT2D eigenvalue weighted by molar-refractivity contribution is 0.277. The van der Waals surface area contributed by atoms with Crippen LogP contribution in [0.2, 0.25) is 0 Å². The molecule has 0 saturated carbocycles. The molecule has 0 bridgehead atoms. The lowest BCUT2D eigenvalue weighted by Crippen LogP contribution is -2.09. The Hall–Kier alpha value is -2.90. The van der Waals surface area contributed by atoms with Crippen LogP contribution in [0.15, 0.2) is 35.6 Å². The first-order valence-electron chi connectivity index (χ1n) is 6.80. The molecule has 0 radical (unpaired) electrons. The third-order valence-electron chi connectivity index (χ3n) is 3.15. The first-order valence-corrected chi connectivity index (χ1v) is 6.80. The van der Waals surface area contributed by atoms with Crippen LogP contribution >= 0.6 is 0 Å². The van der Waals surface area contributed by atoms with Crippen molar-refractivity contribution in [3.63, 3.8) is 0 Å². The Morgan fingerprint density at radius 2 is 2.05 bits per heavy atom. The van der Waals surface area contributed by atoms with Crippen LogP contribution in [-0.4, -0.2) is 38.7 Å². The molecule has 114 valence electrons. The fraction of sp³-hybridized carbons (Fsp3) is 0.286. The van der Waals surface area contributed by atoms with Crippen LogP contribution in [0.1, 0.15) is 6.42 Å². The van der Waals surface area contributed by atoms with E-state index >= 15 is 0 Å². The van der Waals surface area contributed by atoms with Gasteiger partial charge in [-0.3, -0.25) is 4.79 Å². The molecule has 2 aromatic heterocycles. The summed E-state index contributed by atoms with van der Waals surface area (Å²) in [7, 11) is 1.53. The highest BCUT2D eigenvalue weighted by Crippen LogP contribution is 2.30. The number of nitrogens with zero attached hydrogens (tertiary/aromatic N) is 4. The van der Waals surface area contributed by atoms with Gasteiger partial charge in [-0.25, -0.2) is 4.98 Å². The normalized spacial score (nSPS) is 10.8. The van der Waals surface area contributed by atoms with Crippen molar-refractivity contribution >= 4 is 10.9 Å². The number of ether oxygens (including phenoxy) is 2. The number of hydrogen-bond donors (Lipinski definition) is 1. The molecule has 3 aromatic rings. The van der Waals surface area contributed by atoms with Crippen molar-refractivity contribution in [1.29, 1.82) is 0 Å². The first kappa shape index (κ1) is 14.1. The number of methoxy groups -OCH3 is 1. The van der Waals surface area contributed by atoms with Crippen molar-refractivity contribution in [2.24, 2.45) is 0 Å². The molecule has 0 atom stereocenters. The average molecular weight is 301 g/mol. The molecule has 2 heterocycles. The highest BCUT2D eigenvalue weighted by Gasteiger charge is 2.09. The van der Waals surface area contributed by atoms with Crippen molar-refractivity contribution in [2.75, 3.05) is 13.7 Å². The summed E-state index contributed by atoms with van der Waals surface area (Å²) in [4.78, 5) is 20.0. The molecule has 0 saturated heterocycles. The number of fused-ring (bicyclic) bond motifs is 1. The van der Waals surface area contributed by atoms with Gasteiger partial charge in [-0.15, -0.1) is 0 Å². The second-order valence-electron chi connectivity index (χ2n) is 4.58. The van der Waals surface area contributed by atoms with E-state index in [0.29, 0.717) is 35.6 Å². The summed E-state index contributed by atoms with van der Waals surface area (Å²) in [6, 6.07) is 3.33. The van der Waals surface area contributed by atoms with E-state index in [1.54, 1.807) is 29.3 Å². The Kier molecular flexibility index (Phi) is 3.99. The van der Waals surface area contributed by atoms with Crippen LogP contribution in [0, 0.1) is 0 Å². The van der Waals surface area contributed by atoms with Crippen LogP contribution in [0.5, 0.6) is 11.5 Å². The number of aryl methyl sites for hydroxylation is 1. The van der Waals surface area contributed by atoms with Crippen molar-refractivity contribution < 1.29 is 9.47 Å². The summed E-state index contributed by atoms with van der Waals surface area (Å²) in [6.45, 7) is 1.15. The second-order valence-corrected chi connectivity index (χ2v) is 4.58. The molecular formula is C14H15N5O3. The number of benzene rings is 1. The lowest BCUT2D eigenvalue weighted by Gasteiger charge is -2.11. The Labute approximate surface area is 125 Å². The zero-order valence-electron chi connectivity index (χ0n) is 12.0. The van der Waals surface area contributed by atoms with Crippen molar-refractivity contribution in [3.8, 4) is 11.5 Å². The molecule has 0 spiro atoms. The predicted octanol–water partition coefficient (Wildman–Crippen LogP) is 0.992. The molecule has 0 aliphatic heterocycles. The molecule has 0 aliphatic rings. The van der Waals surface area contributed by atoms with Crippen LogP contribution in [0.25, 0.3) is 10.9 Å². The number of hydrogen-bond acceptors (Lipinski definition) is 6. The third-order valence-corrected chi connectivity index (χ3v) is 3.15. The van der Waals surface area contributed by atoms with Crippen LogP contribution < -0.4 is 15.0 Å². The maximum absolute atomic E-state index is 11.7. The third kappa shape index (κ3) is 2.90. The summed E-state index contributed by atoms with van der Waals surface area (Å²) < 4.78 is 11.0. The summed E-state index contributed by atoms with van der Waals surface area (Å²) in [5.74, 6) is 1.06. The Balaban J connectivity index is 1.73. The first-order chi connectivity index (χ1) is 10.8. The zero-order valence-corrected chi connectivity index (χ0v) is 12.0. The summed E-state index contributed by atoms with van der Waals surface area (Å²) in [6.07, 6.45) is 5.38. The fourth-order valence-electron chi connectivity index (χ4n) is 2.10. The molecular weight excluding hydrogens is 286 g/mol. The van der Waals surface area contributed by atoms with Gasteiger partial charge in [-0.05, 0) is 6.07 Å². The summed E-state index contributed by atoms with van der Waals surface area (Å²) in [5, 5.41) is 8.51. The molecule has 8 nitrogen and oxygen atoms in total. The van der Waals surface area contributed by atoms with E-state index < -0.39 is 0 Å². The van der Waals surface area contributed by atoms with E-state index in [2.05, 4.69) is 20.2 Å². The average Bonchev–Trinajstić information content (AvgIpc) is 3.04. The fourth-order valence-corrected chi connectivity index (χ4v) is 2.10. The lowest BCUT2D eigenvalue weighted by atomic mass is 10.2. The molecule has 3 rings (SSSR count). The van der Waals surface area contributed by atoms with E-state index in [1.807, 2.05) is 0 Å². The van der Waals surface area contributed by atoms with E-state index in [4.69, 9.17) is 9.47 Å². The topological polar surface area (TPSA) is 94.9 Å². The molecule has 0 amide bonds. The number of aromatic amines is 1. The highest BCUT2D eigenvalue weighted by molar-refractivity contribution is 5.81. The van der Waals surface area contributed by atoms with Gasteiger partial charge < -0.3 is 14.5 Å². The van der Waals surface area contributed by atoms with E-state index in [-0.39, 0.29) is 5.56 Å². The predicted molar refractivity (Wildman–Crippen MR) is 79.0 cm³/mol. The quantitative estimate of drug-likeness (QED) is 0.682.